The van der Waals surface area contributed by atoms with E-state index in [4.69, 9.17) is 25.8 Å². The summed E-state index contributed by atoms with van der Waals surface area (Å²) in [6.45, 7) is -1.29. The molecule has 1 heterocycles. The lowest BCUT2D eigenvalue weighted by atomic mass is 10.1. The second-order valence-electron chi connectivity index (χ2n) is 6.29. The molecule has 0 unspecified atom stereocenters. The first-order chi connectivity index (χ1) is 14.5. The van der Waals surface area contributed by atoms with E-state index >= 15 is 0 Å². The summed E-state index contributed by atoms with van der Waals surface area (Å²) >= 11 is 5.71. The van der Waals surface area contributed by atoms with Crippen molar-refractivity contribution in [2.24, 2.45) is 0 Å². The van der Waals surface area contributed by atoms with Crippen LogP contribution in [0.15, 0.2) is 35.2 Å². The third kappa shape index (κ3) is 5.64. The highest BCUT2D eigenvalue weighted by molar-refractivity contribution is 7.89. The van der Waals surface area contributed by atoms with Crippen LogP contribution < -0.4 is 9.46 Å². The second kappa shape index (κ2) is 8.99. The molecule has 3 rings (SSSR count). The molecule has 0 bridgehead atoms. The van der Waals surface area contributed by atoms with Crippen molar-refractivity contribution in [2.45, 2.75) is 24.3 Å². The Labute approximate surface area is 178 Å². The first kappa shape index (κ1) is 23.3. The number of hydrogen-bond acceptors (Lipinski definition) is 6. The van der Waals surface area contributed by atoms with E-state index in [1.54, 1.807) is 0 Å². The molecule has 0 saturated heterocycles. The van der Waals surface area contributed by atoms with E-state index < -0.39 is 56.6 Å². The van der Waals surface area contributed by atoms with Crippen LogP contribution in [-0.4, -0.2) is 27.7 Å². The van der Waals surface area contributed by atoms with Gasteiger partial charge >= 0.3 is 12.1 Å². The maximum Gasteiger partial charge on any atom is 0.416 e. The number of alkyl halides is 3. The Morgan fingerprint density at radius 1 is 1.23 bits per heavy atom. The van der Waals surface area contributed by atoms with E-state index in [-0.39, 0.29) is 24.7 Å². The molecule has 7 nitrogen and oxygen atoms in total. The topological polar surface area (TPSA) is 90.9 Å². The number of nitrogens with one attached hydrogen (secondary N) is 1. The lowest BCUT2D eigenvalue weighted by molar-refractivity contribution is -0.143. The summed E-state index contributed by atoms with van der Waals surface area (Å²) in [5, 5.41) is -0.459. The summed E-state index contributed by atoms with van der Waals surface area (Å²) in [6, 6.07) is 4.06. The van der Waals surface area contributed by atoms with Crippen LogP contribution in [0.1, 0.15) is 16.7 Å². The van der Waals surface area contributed by atoms with Gasteiger partial charge in [0, 0.05) is 11.1 Å². The van der Waals surface area contributed by atoms with Gasteiger partial charge in [-0.3, -0.25) is 4.79 Å². The second-order valence-corrected chi connectivity index (χ2v) is 8.43. The fourth-order valence-corrected chi connectivity index (χ4v) is 4.18. The highest BCUT2D eigenvalue weighted by Gasteiger charge is 2.33. The number of sulfonamides is 1. The number of benzene rings is 2. The lowest BCUT2D eigenvalue weighted by Gasteiger charge is -2.20. The third-order valence-electron chi connectivity index (χ3n) is 4.09. The molecule has 0 atom stereocenters. The molecule has 1 aliphatic heterocycles. The van der Waals surface area contributed by atoms with Gasteiger partial charge in [-0.05, 0) is 30.3 Å². The summed E-state index contributed by atoms with van der Waals surface area (Å²) in [6.07, 6.45) is -4.79. The van der Waals surface area contributed by atoms with Gasteiger partial charge in [-0.1, -0.05) is 11.6 Å². The van der Waals surface area contributed by atoms with Crippen LogP contribution in [0.3, 0.4) is 0 Å². The minimum atomic E-state index is -4.79. The van der Waals surface area contributed by atoms with Gasteiger partial charge in [-0.25, -0.2) is 12.8 Å². The normalized spacial score (nSPS) is 14.0. The van der Waals surface area contributed by atoms with E-state index in [1.807, 2.05) is 4.72 Å². The number of ether oxygens (including phenoxy) is 3. The van der Waals surface area contributed by atoms with Crippen molar-refractivity contribution >= 4 is 27.6 Å². The lowest BCUT2D eigenvalue weighted by Crippen LogP contribution is -2.31. The van der Waals surface area contributed by atoms with Gasteiger partial charge in [0.2, 0.25) is 10.0 Å². The largest absolute Gasteiger partial charge is 0.467 e. The molecule has 1 N–H and O–H groups in total. The van der Waals surface area contributed by atoms with E-state index in [0.29, 0.717) is 17.7 Å². The molecule has 0 fully saturated rings. The maximum atomic E-state index is 13.7. The Morgan fingerprint density at radius 3 is 2.68 bits per heavy atom. The zero-order chi connectivity index (χ0) is 22.8. The number of rotatable bonds is 6. The summed E-state index contributed by atoms with van der Waals surface area (Å²) in [7, 11) is -4.56. The summed E-state index contributed by atoms with van der Waals surface area (Å²) in [4.78, 5) is 11.1. The fraction of sp³-hybridized carbons (Fsp3) is 0.278. The SMILES string of the molecule is O=C(CNS(=O)(=O)c1cc(C(F)(F)F)ccc1Cl)OCc1cc(F)cc2c1OCOC2. The highest BCUT2D eigenvalue weighted by Crippen LogP contribution is 2.33. The van der Waals surface area contributed by atoms with E-state index in [2.05, 4.69) is 0 Å². The van der Waals surface area contributed by atoms with Gasteiger partial charge in [0.25, 0.3) is 0 Å². The predicted octanol–water partition coefficient (Wildman–Crippen LogP) is 3.39. The van der Waals surface area contributed by atoms with Gasteiger partial charge in [0.1, 0.15) is 29.6 Å². The Bertz CT molecular complexity index is 1110. The molecule has 2 aromatic carbocycles. The third-order valence-corrected chi connectivity index (χ3v) is 5.98. The summed E-state index contributed by atoms with van der Waals surface area (Å²) in [5.74, 6) is -1.38. The number of fused-ring (bicyclic) bond motifs is 1. The van der Waals surface area contributed by atoms with Crippen molar-refractivity contribution in [3.05, 3.63) is 57.9 Å². The smallest absolute Gasteiger partial charge is 0.416 e. The molecule has 0 aromatic heterocycles. The first-order valence-corrected chi connectivity index (χ1v) is 10.4. The van der Waals surface area contributed by atoms with Crippen molar-refractivity contribution in [1.82, 2.24) is 4.72 Å². The molecule has 13 heteroatoms. The average molecular weight is 484 g/mol. The summed E-state index contributed by atoms with van der Waals surface area (Å²) < 4.78 is 93.8. The van der Waals surface area contributed by atoms with Crippen molar-refractivity contribution in [3.63, 3.8) is 0 Å². The molecule has 0 saturated carbocycles. The zero-order valence-corrected chi connectivity index (χ0v) is 17.0. The molecular weight excluding hydrogens is 470 g/mol. The first-order valence-electron chi connectivity index (χ1n) is 8.51. The van der Waals surface area contributed by atoms with Crippen LogP contribution in [0, 0.1) is 5.82 Å². The molecule has 168 valence electrons. The Hall–Kier alpha value is -2.41. The van der Waals surface area contributed by atoms with E-state index in [9.17, 15) is 30.8 Å². The molecule has 31 heavy (non-hydrogen) atoms. The fourth-order valence-electron chi connectivity index (χ4n) is 2.69. The number of carbonyl (C=O) groups excluding carboxylic acids is 1. The maximum absolute atomic E-state index is 13.7. The quantitative estimate of drug-likeness (QED) is 0.500. The predicted molar refractivity (Wildman–Crippen MR) is 98.1 cm³/mol. The van der Waals surface area contributed by atoms with Crippen LogP contribution in [0.5, 0.6) is 5.75 Å². The minimum absolute atomic E-state index is 0.0723. The van der Waals surface area contributed by atoms with Crippen molar-refractivity contribution in [1.29, 1.82) is 0 Å². The Balaban J connectivity index is 1.66. The molecule has 0 aliphatic carbocycles. The average Bonchev–Trinajstić information content (AvgIpc) is 2.69. The van der Waals surface area contributed by atoms with Crippen LogP contribution in [0.25, 0.3) is 0 Å². The van der Waals surface area contributed by atoms with Crippen LogP contribution >= 0.6 is 11.6 Å². The van der Waals surface area contributed by atoms with Gasteiger partial charge in [0.05, 0.1) is 17.2 Å². The molecule has 0 spiro atoms. The van der Waals surface area contributed by atoms with Crippen molar-refractivity contribution in [2.75, 3.05) is 13.3 Å². The molecular formula is C18H14ClF4NO6S. The van der Waals surface area contributed by atoms with Crippen LogP contribution in [-0.2, 0) is 43.7 Å². The van der Waals surface area contributed by atoms with E-state index in [1.165, 1.54) is 6.07 Å². The van der Waals surface area contributed by atoms with Crippen molar-refractivity contribution < 1.29 is 45.0 Å². The monoisotopic (exact) mass is 483 g/mol. The standard InChI is InChI=1S/C18H14ClF4NO6S/c19-14-2-1-12(18(21,22)23)5-15(14)31(26,27)24-6-16(25)29-8-11-4-13(20)3-10-7-28-9-30-17(10)11/h1-5,24H,6-9H2. The molecule has 2 aromatic rings. The number of hydrogen-bond donors (Lipinski definition) is 1. The number of carbonyl (C=O) groups is 1. The summed E-state index contributed by atoms with van der Waals surface area (Å²) in [5.41, 5.74) is -0.604. The number of halogens is 5. The molecule has 1 aliphatic rings. The number of esters is 1. The van der Waals surface area contributed by atoms with Gasteiger partial charge in [0.15, 0.2) is 6.79 Å². The zero-order valence-electron chi connectivity index (χ0n) is 15.5. The highest BCUT2D eigenvalue weighted by atomic mass is 35.5. The molecule has 0 amide bonds. The van der Waals surface area contributed by atoms with E-state index in [0.717, 1.165) is 12.1 Å². The van der Waals surface area contributed by atoms with Crippen LogP contribution in [0.4, 0.5) is 17.6 Å². The van der Waals surface area contributed by atoms with Crippen LogP contribution in [0.2, 0.25) is 5.02 Å². The van der Waals surface area contributed by atoms with Gasteiger partial charge < -0.3 is 14.2 Å². The Morgan fingerprint density at radius 2 is 1.97 bits per heavy atom. The minimum Gasteiger partial charge on any atom is -0.467 e. The van der Waals surface area contributed by atoms with Gasteiger partial charge in [-0.15, -0.1) is 0 Å². The molecule has 0 radical (unpaired) electrons. The Kier molecular flexibility index (Phi) is 6.74. The van der Waals surface area contributed by atoms with Crippen molar-refractivity contribution in [3.8, 4) is 5.75 Å². The van der Waals surface area contributed by atoms with Gasteiger partial charge in [-0.2, -0.15) is 17.9 Å².